The summed E-state index contributed by atoms with van der Waals surface area (Å²) in [4.78, 5) is 26.5. The van der Waals surface area contributed by atoms with Gasteiger partial charge in [0.2, 0.25) is 0 Å². The van der Waals surface area contributed by atoms with E-state index in [1.54, 1.807) is 11.0 Å². The third kappa shape index (κ3) is 2.56. The molecule has 0 atom stereocenters. The van der Waals surface area contributed by atoms with Gasteiger partial charge in [0.1, 0.15) is 16.7 Å². The fraction of sp³-hybridized carbons (Fsp3) is 0.333. The average molecular weight is 428 g/mol. The number of imidazole rings is 1. The molecule has 27 heavy (non-hydrogen) atoms. The van der Waals surface area contributed by atoms with Gasteiger partial charge in [-0.25, -0.2) is 19.4 Å². The molecule has 138 valence electrons. The number of halogens is 1. The van der Waals surface area contributed by atoms with Crippen LogP contribution >= 0.6 is 15.9 Å². The van der Waals surface area contributed by atoms with Crippen molar-refractivity contribution in [2.45, 2.75) is 18.9 Å². The Balaban J connectivity index is 1.46. The normalized spacial score (nSPS) is 15.9. The van der Waals surface area contributed by atoms with Crippen LogP contribution in [0.3, 0.4) is 0 Å². The highest BCUT2D eigenvalue weighted by molar-refractivity contribution is 9.10. The summed E-state index contributed by atoms with van der Waals surface area (Å²) in [5, 5.41) is 5.33. The summed E-state index contributed by atoms with van der Waals surface area (Å²) in [6.07, 6.45) is 3.35. The Kier molecular flexibility index (Phi) is 3.78. The number of hydrogen-bond donors (Lipinski definition) is 1. The van der Waals surface area contributed by atoms with Gasteiger partial charge in [-0.2, -0.15) is 5.10 Å². The highest BCUT2D eigenvalue weighted by atomic mass is 79.9. The molecule has 3 aromatic heterocycles. The molecule has 0 spiro atoms. The smallest absolute Gasteiger partial charge is 0.326 e. The lowest BCUT2D eigenvalue weighted by Crippen LogP contribution is -2.37. The van der Waals surface area contributed by atoms with Gasteiger partial charge in [-0.15, -0.1) is 0 Å². The predicted octanol–water partition coefficient (Wildman–Crippen LogP) is 2.61. The third-order valence-electron chi connectivity index (χ3n) is 5.31. The van der Waals surface area contributed by atoms with Gasteiger partial charge >= 0.3 is 5.69 Å². The number of anilines is 1. The molecule has 0 aliphatic carbocycles. The number of aromatic nitrogens is 6. The second kappa shape index (κ2) is 6.19. The molecule has 0 radical (unpaired) electrons. The average Bonchev–Trinajstić information content (AvgIpc) is 3.17. The van der Waals surface area contributed by atoms with E-state index in [-0.39, 0.29) is 11.7 Å². The summed E-state index contributed by atoms with van der Waals surface area (Å²) in [6, 6.07) is 8.04. The maximum absolute atomic E-state index is 12.5. The number of nitrogens with zero attached hydrogens (tertiary/aromatic N) is 6. The van der Waals surface area contributed by atoms with Crippen LogP contribution in [0.1, 0.15) is 18.9 Å². The number of H-pyrrole nitrogens is 1. The molecule has 0 bridgehead atoms. The molecule has 0 amide bonds. The number of aromatic amines is 1. The molecule has 1 aliphatic rings. The lowest BCUT2D eigenvalue weighted by atomic mass is 10.0. The lowest BCUT2D eigenvalue weighted by molar-refractivity contribution is 0.395. The van der Waals surface area contributed by atoms with Crippen LogP contribution in [0, 0.1) is 0 Å². The van der Waals surface area contributed by atoms with Gasteiger partial charge in [-0.3, -0.25) is 4.57 Å². The van der Waals surface area contributed by atoms with E-state index in [0.717, 1.165) is 58.4 Å². The number of benzene rings is 1. The monoisotopic (exact) mass is 427 g/mol. The summed E-state index contributed by atoms with van der Waals surface area (Å²) < 4.78 is 4.41. The van der Waals surface area contributed by atoms with E-state index in [1.807, 2.05) is 35.9 Å². The number of fused-ring (bicyclic) bond motifs is 2. The molecule has 9 heteroatoms. The molecule has 1 N–H and O–H groups in total. The van der Waals surface area contributed by atoms with Crippen molar-refractivity contribution >= 4 is 43.8 Å². The Morgan fingerprint density at radius 1 is 1.19 bits per heavy atom. The number of rotatable bonds is 2. The Bertz CT molecular complexity index is 1200. The number of nitrogens with one attached hydrogen (secondary N) is 1. The zero-order valence-electron chi connectivity index (χ0n) is 14.8. The second-order valence-electron chi connectivity index (χ2n) is 6.85. The predicted molar refractivity (Wildman–Crippen MR) is 107 cm³/mol. The fourth-order valence-electron chi connectivity index (χ4n) is 4.04. The molecule has 4 heterocycles. The van der Waals surface area contributed by atoms with Crippen molar-refractivity contribution in [2.75, 3.05) is 18.0 Å². The van der Waals surface area contributed by atoms with Crippen LogP contribution in [-0.2, 0) is 7.05 Å². The van der Waals surface area contributed by atoms with Gasteiger partial charge in [0.25, 0.3) is 0 Å². The first-order chi connectivity index (χ1) is 13.1. The van der Waals surface area contributed by atoms with E-state index >= 15 is 0 Å². The van der Waals surface area contributed by atoms with Crippen LogP contribution < -0.4 is 10.6 Å². The third-order valence-corrected chi connectivity index (χ3v) is 5.87. The zero-order valence-corrected chi connectivity index (χ0v) is 16.3. The van der Waals surface area contributed by atoms with E-state index < -0.39 is 0 Å². The maximum atomic E-state index is 12.5. The Labute approximate surface area is 163 Å². The van der Waals surface area contributed by atoms with Crippen LogP contribution in [0.15, 0.2) is 40.0 Å². The molecule has 0 saturated carbocycles. The van der Waals surface area contributed by atoms with Crippen LogP contribution in [0.4, 0.5) is 5.82 Å². The largest absolute Gasteiger partial charge is 0.356 e. The number of aryl methyl sites for hydroxylation is 1. The molecule has 4 aromatic rings. The first kappa shape index (κ1) is 16.5. The molecule has 1 fully saturated rings. The first-order valence-corrected chi connectivity index (χ1v) is 9.70. The van der Waals surface area contributed by atoms with E-state index in [2.05, 4.69) is 40.9 Å². The minimum atomic E-state index is -0.0333. The SMILES string of the molecule is Cn1nc(Br)c2c(N3CCC(n4c(=O)[nH]c5ccccc54)CC3)ncnc21. The van der Waals surface area contributed by atoms with Crippen LogP contribution in [0.5, 0.6) is 0 Å². The molecular weight excluding hydrogens is 410 g/mol. The number of para-hydroxylation sites is 2. The van der Waals surface area contributed by atoms with Gasteiger partial charge in [0.05, 0.1) is 16.4 Å². The minimum Gasteiger partial charge on any atom is -0.356 e. The summed E-state index contributed by atoms with van der Waals surface area (Å²) in [6.45, 7) is 1.65. The Hall–Kier alpha value is -2.68. The van der Waals surface area contributed by atoms with Crippen LogP contribution in [0.25, 0.3) is 22.1 Å². The van der Waals surface area contributed by atoms with Gasteiger partial charge in [0, 0.05) is 26.2 Å². The van der Waals surface area contributed by atoms with Crippen molar-refractivity contribution in [3.8, 4) is 0 Å². The summed E-state index contributed by atoms with van der Waals surface area (Å²) in [5.41, 5.74) is 2.64. The molecule has 5 rings (SSSR count). The quantitative estimate of drug-likeness (QED) is 0.531. The topological polar surface area (TPSA) is 84.6 Å². The lowest BCUT2D eigenvalue weighted by Gasteiger charge is -2.33. The Morgan fingerprint density at radius 3 is 2.78 bits per heavy atom. The van der Waals surface area contributed by atoms with E-state index in [9.17, 15) is 4.79 Å². The molecular formula is C18H18BrN7O. The van der Waals surface area contributed by atoms with Crippen molar-refractivity contribution in [2.24, 2.45) is 7.05 Å². The van der Waals surface area contributed by atoms with Crippen molar-refractivity contribution in [1.29, 1.82) is 0 Å². The highest BCUT2D eigenvalue weighted by Crippen LogP contribution is 2.33. The van der Waals surface area contributed by atoms with Crippen molar-refractivity contribution in [1.82, 2.24) is 29.3 Å². The highest BCUT2D eigenvalue weighted by Gasteiger charge is 2.26. The number of hydrogen-bond acceptors (Lipinski definition) is 5. The summed E-state index contributed by atoms with van der Waals surface area (Å²) >= 11 is 3.53. The standard InChI is InChI=1S/C18H18BrN7O/c1-24-16-14(15(19)23-24)17(21-10-20-16)25-8-6-11(7-9-25)26-13-5-3-2-4-12(13)22-18(26)27/h2-5,10-11H,6-9H2,1H3,(H,22,27). The van der Waals surface area contributed by atoms with Crippen molar-refractivity contribution in [3.63, 3.8) is 0 Å². The minimum absolute atomic E-state index is 0.0333. The van der Waals surface area contributed by atoms with Gasteiger partial charge < -0.3 is 9.88 Å². The first-order valence-electron chi connectivity index (χ1n) is 8.91. The van der Waals surface area contributed by atoms with Gasteiger partial charge in [-0.1, -0.05) is 12.1 Å². The van der Waals surface area contributed by atoms with E-state index in [1.165, 1.54) is 0 Å². The van der Waals surface area contributed by atoms with Crippen LogP contribution in [-0.4, -0.2) is 42.4 Å². The Morgan fingerprint density at radius 2 is 1.96 bits per heavy atom. The summed E-state index contributed by atoms with van der Waals surface area (Å²) in [7, 11) is 1.87. The second-order valence-corrected chi connectivity index (χ2v) is 7.60. The summed E-state index contributed by atoms with van der Waals surface area (Å²) in [5.74, 6) is 0.893. The van der Waals surface area contributed by atoms with Crippen molar-refractivity contribution in [3.05, 3.63) is 45.7 Å². The molecule has 1 aromatic carbocycles. The molecule has 8 nitrogen and oxygen atoms in total. The zero-order chi connectivity index (χ0) is 18.5. The van der Waals surface area contributed by atoms with Gasteiger partial charge in [0.15, 0.2) is 5.65 Å². The maximum Gasteiger partial charge on any atom is 0.326 e. The molecule has 0 unspecified atom stereocenters. The van der Waals surface area contributed by atoms with Gasteiger partial charge in [-0.05, 0) is 40.9 Å². The van der Waals surface area contributed by atoms with Crippen LogP contribution in [0.2, 0.25) is 0 Å². The molecule has 1 aliphatic heterocycles. The molecule has 1 saturated heterocycles. The van der Waals surface area contributed by atoms with E-state index in [4.69, 9.17) is 0 Å². The van der Waals surface area contributed by atoms with E-state index in [0.29, 0.717) is 0 Å². The number of piperidine rings is 1. The van der Waals surface area contributed by atoms with Crippen molar-refractivity contribution < 1.29 is 0 Å². The fourth-order valence-corrected chi connectivity index (χ4v) is 4.63.